The second-order valence-corrected chi connectivity index (χ2v) is 6.57. The van der Waals surface area contributed by atoms with Crippen LogP contribution in [-0.4, -0.2) is 18.7 Å². The maximum Gasteiger partial charge on any atom is 0.319 e. The summed E-state index contributed by atoms with van der Waals surface area (Å²) in [5, 5.41) is 0. The number of hydrogen-bond donors (Lipinski definition) is 2. The fourth-order valence-corrected chi connectivity index (χ4v) is 2.65. The molecule has 1 rings (SSSR count). The third-order valence-electron chi connectivity index (χ3n) is 1.79. The van der Waals surface area contributed by atoms with Crippen molar-refractivity contribution in [1.29, 1.82) is 0 Å². The molecule has 0 aliphatic carbocycles. The predicted molar refractivity (Wildman–Crippen MR) is 63.2 cm³/mol. The largest absolute Gasteiger partial charge is 0.399 e. The van der Waals surface area contributed by atoms with E-state index in [4.69, 9.17) is 10.3 Å². The number of nitrogens with two attached hydrogens (primary N) is 1. The van der Waals surface area contributed by atoms with Gasteiger partial charge in [-0.2, -0.15) is 8.42 Å². The average Bonchev–Trinajstić information content (AvgIpc) is 2.11. The van der Waals surface area contributed by atoms with Crippen LogP contribution in [-0.2, 0) is 15.6 Å². The number of anilines is 1. The maximum absolute atomic E-state index is 10.4. The minimum absolute atomic E-state index is 0.383. The second kappa shape index (κ2) is 5.39. The summed E-state index contributed by atoms with van der Waals surface area (Å²) in [4.78, 5) is 0. The predicted octanol–water partition coefficient (Wildman–Crippen LogP) is 1.74. The first kappa shape index (κ1) is 12.4. The highest BCUT2D eigenvalue weighted by Gasteiger charge is 2.04. The van der Waals surface area contributed by atoms with E-state index in [1.54, 1.807) is 6.07 Å². The van der Waals surface area contributed by atoms with E-state index in [0.717, 1.165) is 12.0 Å². The molecule has 1 aromatic rings. The first-order valence-electron chi connectivity index (χ1n) is 4.43. The summed E-state index contributed by atoms with van der Waals surface area (Å²) < 4.78 is 29.3. The van der Waals surface area contributed by atoms with Crippen LogP contribution in [0.2, 0.25) is 0 Å². The molecule has 0 aliphatic heterocycles. The highest BCUT2D eigenvalue weighted by molar-refractivity contribution is 8.69. The Morgan fingerprint density at radius 3 is 2.73 bits per heavy atom. The number of aryl methyl sites for hydroxylation is 1. The van der Waals surface area contributed by atoms with E-state index < -0.39 is 9.15 Å². The molecule has 0 atom stereocenters. The van der Waals surface area contributed by atoms with Crippen LogP contribution in [0, 0.1) is 0 Å². The molecule has 15 heavy (non-hydrogen) atoms. The lowest BCUT2D eigenvalue weighted by Gasteiger charge is -2.01. The smallest absolute Gasteiger partial charge is 0.319 e. The Hall–Kier alpha value is -0.720. The van der Waals surface area contributed by atoms with E-state index in [1.165, 1.54) is 0 Å². The van der Waals surface area contributed by atoms with Crippen LogP contribution >= 0.6 is 10.8 Å². The van der Waals surface area contributed by atoms with Gasteiger partial charge in [-0.1, -0.05) is 12.1 Å². The maximum atomic E-state index is 10.4. The van der Waals surface area contributed by atoms with Crippen LogP contribution in [0.25, 0.3) is 0 Å². The molecule has 0 bridgehead atoms. The molecule has 0 radical (unpaired) electrons. The minimum atomic E-state index is -3.89. The fraction of sp³-hybridized carbons (Fsp3) is 0.333. The van der Waals surface area contributed by atoms with Gasteiger partial charge in [0.25, 0.3) is 0 Å². The highest BCUT2D eigenvalue weighted by Crippen LogP contribution is 2.14. The van der Waals surface area contributed by atoms with Crippen molar-refractivity contribution in [2.75, 3.05) is 11.5 Å². The van der Waals surface area contributed by atoms with Gasteiger partial charge in [-0.15, -0.1) is 0 Å². The first-order chi connectivity index (χ1) is 6.97. The van der Waals surface area contributed by atoms with Crippen molar-refractivity contribution in [3.05, 3.63) is 29.8 Å². The van der Waals surface area contributed by atoms with Crippen LogP contribution in [0.1, 0.15) is 12.0 Å². The third kappa shape index (κ3) is 5.66. The summed E-state index contributed by atoms with van der Waals surface area (Å²) in [5.41, 5.74) is 7.37. The molecule has 0 saturated heterocycles. The number of hydrogen-bond acceptors (Lipinski definition) is 4. The third-order valence-corrected chi connectivity index (χ3v) is 3.94. The standard InChI is InChI=1S/C9H13NO3S2/c10-9-5-1-3-8(7-9)4-2-6-14-15(11,12)13/h1,3,5,7H,2,4,6,10H2,(H,11,12,13). The van der Waals surface area contributed by atoms with Crippen LogP contribution in [0.5, 0.6) is 0 Å². The molecule has 84 valence electrons. The van der Waals surface area contributed by atoms with Gasteiger partial charge in [0, 0.05) is 11.4 Å². The lowest BCUT2D eigenvalue weighted by molar-refractivity contribution is 0.503. The summed E-state index contributed by atoms with van der Waals surface area (Å²) in [6, 6.07) is 7.46. The first-order valence-corrected chi connectivity index (χ1v) is 7.38. The molecular weight excluding hydrogens is 234 g/mol. The van der Waals surface area contributed by atoms with Gasteiger partial charge < -0.3 is 5.73 Å². The van der Waals surface area contributed by atoms with Gasteiger partial charge in [-0.05, 0) is 41.3 Å². The van der Waals surface area contributed by atoms with E-state index in [-0.39, 0.29) is 0 Å². The highest BCUT2D eigenvalue weighted by atomic mass is 33.1. The molecule has 1 aromatic carbocycles. The summed E-state index contributed by atoms with van der Waals surface area (Å²) in [6.45, 7) is 0. The van der Waals surface area contributed by atoms with E-state index in [1.807, 2.05) is 18.2 Å². The van der Waals surface area contributed by atoms with E-state index in [0.29, 0.717) is 28.7 Å². The van der Waals surface area contributed by atoms with Gasteiger partial charge in [-0.25, -0.2) is 0 Å². The molecule has 3 N–H and O–H groups in total. The SMILES string of the molecule is Nc1cccc(CCCSS(=O)(=O)O)c1. The zero-order chi connectivity index (χ0) is 11.3. The van der Waals surface area contributed by atoms with Crippen molar-refractivity contribution in [3.63, 3.8) is 0 Å². The average molecular weight is 247 g/mol. The van der Waals surface area contributed by atoms with E-state index in [9.17, 15) is 8.42 Å². The number of benzene rings is 1. The van der Waals surface area contributed by atoms with Crippen molar-refractivity contribution in [2.24, 2.45) is 0 Å². The summed E-state index contributed by atoms with van der Waals surface area (Å²) in [7, 11) is -3.34. The zero-order valence-corrected chi connectivity index (χ0v) is 9.72. The molecule has 0 fully saturated rings. The van der Waals surface area contributed by atoms with Crippen molar-refractivity contribution >= 4 is 25.6 Å². The van der Waals surface area contributed by atoms with Crippen molar-refractivity contribution in [2.45, 2.75) is 12.8 Å². The lowest BCUT2D eigenvalue weighted by Crippen LogP contribution is -1.94. The van der Waals surface area contributed by atoms with Crippen molar-refractivity contribution < 1.29 is 13.0 Å². The monoisotopic (exact) mass is 247 g/mol. The summed E-state index contributed by atoms with van der Waals surface area (Å²) >= 11 is 0. The number of nitrogen functional groups attached to an aromatic ring is 1. The Balaban J connectivity index is 2.32. The molecule has 0 saturated carbocycles. The lowest BCUT2D eigenvalue weighted by atomic mass is 10.1. The summed E-state index contributed by atoms with van der Waals surface area (Å²) in [6.07, 6.45) is 1.45. The molecular formula is C9H13NO3S2. The van der Waals surface area contributed by atoms with Gasteiger partial charge in [0.1, 0.15) is 0 Å². The van der Waals surface area contributed by atoms with E-state index in [2.05, 4.69) is 0 Å². The van der Waals surface area contributed by atoms with Gasteiger partial charge in [-0.3, -0.25) is 4.55 Å². The van der Waals surface area contributed by atoms with Gasteiger partial charge in [0.15, 0.2) is 0 Å². The van der Waals surface area contributed by atoms with Gasteiger partial charge >= 0.3 is 9.15 Å². The number of rotatable bonds is 5. The van der Waals surface area contributed by atoms with Gasteiger partial charge in [0.05, 0.1) is 0 Å². The molecule has 0 amide bonds. The Labute approximate surface area is 93.0 Å². The molecule has 6 heteroatoms. The Kier molecular flexibility index (Phi) is 4.44. The van der Waals surface area contributed by atoms with Crippen LogP contribution in [0.15, 0.2) is 24.3 Å². The quantitative estimate of drug-likeness (QED) is 0.358. The molecule has 0 aliphatic rings. The molecule has 0 aromatic heterocycles. The van der Waals surface area contributed by atoms with Crippen LogP contribution in [0.3, 0.4) is 0 Å². The minimum Gasteiger partial charge on any atom is -0.399 e. The Morgan fingerprint density at radius 2 is 2.13 bits per heavy atom. The Morgan fingerprint density at radius 1 is 1.40 bits per heavy atom. The van der Waals surface area contributed by atoms with Crippen molar-refractivity contribution in [3.8, 4) is 0 Å². The Bertz CT molecular complexity index is 417. The molecule has 0 spiro atoms. The molecule has 4 nitrogen and oxygen atoms in total. The zero-order valence-electron chi connectivity index (χ0n) is 8.09. The van der Waals surface area contributed by atoms with Crippen molar-refractivity contribution in [1.82, 2.24) is 0 Å². The van der Waals surface area contributed by atoms with Gasteiger partial charge in [0.2, 0.25) is 0 Å². The topological polar surface area (TPSA) is 80.4 Å². The van der Waals surface area contributed by atoms with Crippen LogP contribution < -0.4 is 5.73 Å². The molecule has 0 unspecified atom stereocenters. The molecule has 0 heterocycles. The van der Waals surface area contributed by atoms with Crippen LogP contribution in [0.4, 0.5) is 5.69 Å². The normalized spacial score (nSPS) is 11.5. The van der Waals surface area contributed by atoms with E-state index >= 15 is 0 Å². The summed E-state index contributed by atoms with van der Waals surface area (Å²) in [5.74, 6) is 0.383. The second-order valence-electron chi connectivity index (χ2n) is 3.10. The fourth-order valence-electron chi connectivity index (χ4n) is 1.19.